The van der Waals surface area contributed by atoms with Crippen molar-refractivity contribution in [1.82, 2.24) is 15.3 Å². The third-order valence-electron chi connectivity index (χ3n) is 4.47. The number of likely N-dealkylation sites (N-methyl/N-ethyl adjacent to an activating group) is 1. The van der Waals surface area contributed by atoms with Crippen LogP contribution in [0.5, 0.6) is 0 Å². The lowest BCUT2D eigenvalue weighted by Crippen LogP contribution is -2.52. The number of hydrazine groups is 1. The molecule has 0 amide bonds. The van der Waals surface area contributed by atoms with Crippen molar-refractivity contribution in [1.29, 1.82) is 0 Å². The highest BCUT2D eigenvalue weighted by molar-refractivity contribution is 4.72. The smallest absolute Gasteiger partial charge is 0.0911 e. The van der Waals surface area contributed by atoms with E-state index in [2.05, 4.69) is 29.3 Å². The summed E-state index contributed by atoms with van der Waals surface area (Å²) in [5, 5.41) is 12.2. The van der Waals surface area contributed by atoms with Crippen LogP contribution in [0.3, 0.4) is 0 Å². The Hall–Kier alpha value is -0.200. The van der Waals surface area contributed by atoms with Crippen LogP contribution in [0.1, 0.15) is 32.6 Å². The van der Waals surface area contributed by atoms with Gasteiger partial charge in [-0.25, -0.2) is 5.01 Å². The van der Waals surface area contributed by atoms with Crippen molar-refractivity contribution in [3.8, 4) is 0 Å². The first kappa shape index (κ1) is 16.2. The highest BCUT2D eigenvalue weighted by Crippen LogP contribution is 2.25. The van der Waals surface area contributed by atoms with E-state index in [-0.39, 0.29) is 0 Å². The summed E-state index contributed by atoms with van der Waals surface area (Å²) in [7, 11) is 2.14. The second-order valence-corrected chi connectivity index (χ2v) is 6.53. The number of aliphatic hydroxyl groups is 1. The lowest BCUT2D eigenvalue weighted by Gasteiger charge is -2.33. The Bertz CT molecular complexity index is 270. The predicted octanol–water partition coefficient (Wildman–Crippen LogP) is 0.695. The van der Waals surface area contributed by atoms with Crippen molar-refractivity contribution in [2.75, 3.05) is 46.4 Å². The van der Waals surface area contributed by atoms with Crippen LogP contribution in [-0.2, 0) is 4.74 Å². The standard InChI is InChI=1S/C15H31N3O2/c1-13-4-3-5-15(10-13)20-12-14(19)11-16-18-8-6-17(2)7-9-18/h13-16,19H,3-12H2,1-2H3. The highest BCUT2D eigenvalue weighted by Gasteiger charge is 2.20. The zero-order valence-electron chi connectivity index (χ0n) is 13.1. The van der Waals surface area contributed by atoms with E-state index in [4.69, 9.17) is 4.74 Å². The first-order valence-electron chi connectivity index (χ1n) is 8.10. The number of piperazine rings is 1. The summed E-state index contributed by atoms with van der Waals surface area (Å²) in [5.41, 5.74) is 3.32. The van der Waals surface area contributed by atoms with E-state index < -0.39 is 6.10 Å². The number of nitrogens with zero attached hydrogens (tertiary/aromatic N) is 2. The molecule has 1 aliphatic heterocycles. The minimum Gasteiger partial charge on any atom is -0.389 e. The van der Waals surface area contributed by atoms with Gasteiger partial charge in [-0.2, -0.15) is 0 Å². The fraction of sp³-hybridized carbons (Fsp3) is 1.00. The number of hydrogen-bond donors (Lipinski definition) is 2. The van der Waals surface area contributed by atoms with E-state index in [1.54, 1.807) is 0 Å². The average molecular weight is 285 g/mol. The molecule has 0 aromatic rings. The number of rotatable bonds is 6. The summed E-state index contributed by atoms with van der Waals surface area (Å²) < 4.78 is 5.86. The van der Waals surface area contributed by atoms with E-state index in [1.165, 1.54) is 12.8 Å². The molecular formula is C15H31N3O2. The molecule has 5 nitrogen and oxygen atoms in total. The number of ether oxygens (including phenoxy) is 1. The fourth-order valence-electron chi connectivity index (χ4n) is 3.03. The molecule has 0 bridgehead atoms. The van der Waals surface area contributed by atoms with E-state index >= 15 is 0 Å². The average Bonchev–Trinajstić information content (AvgIpc) is 2.45. The molecule has 3 atom stereocenters. The molecule has 2 N–H and O–H groups in total. The molecule has 20 heavy (non-hydrogen) atoms. The second kappa shape index (κ2) is 8.29. The molecule has 2 fully saturated rings. The minimum absolute atomic E-state index is 0.358. The molecule has 0 spiro atoms. The van der Waals surface area contributed by atoms with Crippen molar-refractivity contribution < 1.29 is 9.84 Å². The topological polar surface area (TPSA) is 48.0 Å². The third-order valence-corrected chi connectivity index (χ3v) is 4.47. The van der Waals surface area contributed by atoms with Gasteiger partial charge in [0.25, 0.3) is 0 Å². The van der Waals surface area contributed by atoms with Crippen LogP contribution in [0, 0.1) is 5.92 Å². The third kappa shape index (κ3) is 5.66. The summed E-state index contributed by atoms with van der Waals surface area (Å²) in [6.07, 6.45) is 4.85. The molecule has 5 heteroatoms. The number of aliphatic hydroxyl groups excluding tert-OH is 1. The van der Waals surface area contributed by atoms with Crippen molar-refractivity contribution in [3.63, 3.8) is 0 Å². The van der Waals surface area contributed by atoms with Crippen molar-refractivity contribution in [2.24, 2.45) is 5.92 Å². The van der Waals surface area contributed by atoms with E-state index in [1.807, 2.05) is 0 Å². The maximum atomic E-state index is 10.0. The maximum Gasteiger partial charge on any atom is 0.0911 e. The Labute approximate surface area is 123 Å². The summed E-state index contributed by atoms with van der Waals surface area (Å²) in [6, 6.07) is 0. The highest BCUT2D eigenvalue weighted by atomic mass is 16.5. The zero-order chi connectivity index (χ0) is 14.4. The molecule has 0 radical (unpaired) electrons. The fourth-order valence-corrected chi connectivity index (χ4v) is 3.03. The lowest BCUT2D eigenvalue weighted by molar-refractivity contribution is -0.0371. The molecular weight excluding hydrogens is 254 g/mol. The monoisotopic (exact) mass is 285 g/mol. The van der Waals surface area contributed by atoms with Gasteiger partial charge in [0.15, 0.2) is 0 Å². The molecule has 1 heterocycles. The van der Waals surface area contributed by atoms with Gasteiger partial charge in [0.2, 0.25) is 0 Å². The lowest BCUT2D eigenvalue weighted by atomic mass is 9.89. The SMILES string of the molecule is CC1CCCC(OCC(O)CNN2CCN(C)CC2)C1. The molecule has 118 valence electrons. The Balaban J connectivity index is 1.55. The van der Waals surface area contributed by atoms with Gasteiger partial charge in [-0.1, -0.05) is 19.8 Å². The Morgan fingerprint density at radius 3 is 2.70 bits per heavy atom. The van der Waals surface area contributed by atoms with Crippen LogP contribution in [0.15, 0.2) is 0 Å². The van der Waals surface area contributed by atoms with Crippen LogP contribution < -0.4 is 5.43 Å². The minimum atomic E-state index is -0.410. The molecule has 3 unspecified atom stereocenters. The van der Waals surface area contributed by atoms with Crippen molar-refractivity contribution in [3.05, 3.63) is 0 Å². The van der Waals surface area contributed by atoms with Gasteiger partial charge in [0, 0.05) is 32.7 Å². The van der Waals surface area contributed by atoms with Crippen LogP contribution in [0.25, 0.3) is 0 Å². The molecule has 1 saturated carbocycles. The summed E-state index contributed by atoms with van der Waals surface area (Å²) in [6.45, 7) is 7.54. The molecule has 0 aromatic heterocycles. The zero-order valence-corrected chi connectivity index (χ0v) is 13.1. The van der Waals surface area contributed by atoms with Gasteiger partial charge in [-0.3, -0.25) is 5.43 Å². The normalized spacial score (nSPS) is 31.4. The second-order valence-electron chi connectivity index (χ2n) is 6.53. The quantitative estimate of drug-likeness (QED) is 0.752. The molecule has 2 aliphatic rings. The van der Waals surface area contributed by atoms with E-state index in [0.29, 0.717) is 19.3 Å². The van der Waals surface area contributed by atoms with Crippen LogP contribution in [0.2, 0.25) is 0 Å². The van der Waals surface area contributed by atoms with Gasteiger partial charge in [-0.15, -0.1) is 0 Å². The largest absolute Gasteiger partial charge is 0.389 e. The predicted molar refractivity (Wildman–Crippen MR) is 80.5 cm³/mol. The van der Waals surface area contributed by atoms with Gasteiger partial charge in [0.1, 0.15) is 0 Å². The van der Waals surface area contributed by atoms with Crippen LogP contribution >= 0.6 is 0 Å². The maximum absolute atomic E-state index is 10.0. The molecule has 0 aromatic carbocycles. The summed E-state index contributed by atoms with van der Waals surface area (Å²) in [4.78, 5) is 2.32. The van der Waals surface area contributed by atoms with Gasteiger partial charge >= 0.3 is 0 Å². The number of nitrogens with one attached hydrogen (secondary N) is 1. The molecule has 2 rings (SSSR count). The Morgan fingerprint density at radius 2 is 2.00 bits per heavy atom. The van der Waals surface area contributed by atoms with E-state index in [0.717, 1.165) is 44.9 Å². The first-order valence-corrected chi connectivity index (χ1v) is 8.10. The first-order chi connectivity index (χ1) is 9.63. The van der Waals surface area contributed by atoms with Crippen molar-refractivity contribution >= 4 is 0 Å². The van der Waals surface area contributed by atoms with E-state index in [9.17, 15) is 5.11 Å². The van der Waals surface area contributed by atoms with Gasteiger partial charge < -0.3 is 14.7 Å². The molecule has 1 saturated heterocycles. The Kier molecular flexibility index (Phi) is 6.71. The summed E-state index contributed by atoms with van der Waals surface area (Å²) in [5.74, 6) is 0.773. The Morgan fingerprint density at radius 1 is 1.25 bits per heavy atom. The van der Waals surface area contributed by atoms with Crippen molar-refractivity contribution in [2.45, 2.75) is 44.8 Å². The number of hydrogen-bond acceptors (Lipinski definition) is 5. The van der Waals surface area contributed by atoms with Crippen LogP contribution in [-0.4, -0.2) is 73.6 Å². The summed E-state index contributed by atoms with van der Waals surface area (Å²) >= 11 is 0. The van der Waals surface area contributed by atoms with Crippen LogP contribution in [0.4, 0.5) is 0 Å². The molecule has 1 aliphatic carbocycles. The van der Waals surface area contributed by atoms with Gasteiger partial charge in [-0.05, 0) is 25.8 Å². The van der Waals surface area contributed by atoms with Gasteiger partial charge in [0.05, 0.1) is 18.8 Å².